The molecule has 0 aromatic heterocycles. The number of benzene rings is 1. The Morgan fingerprint density at radius 1 is 1.30 bits per heavy atom. The maximum Gasteiger partial charge on any atom is 0.240 e. The largest absolute Gasteiger partial charge is 0.338 e. The fourth-order valence-corrected chi connectivity index (χ4v) is 3.65. The van der Waals surface area contributed by atoms with Gasteiger partial charge in [-0.15, -0.1) is 0 Å². The lowest BCUT2D eigenvalue weighted by atomic mass is 10.00. The number of nitrogens with zero attached hydrogens (tertiary/aromatic N) is 1. The molecule has 1 heterocycles. The van der Waals surface area contributed by atoms with Crippen molar-refractivity contribution in [2.75, 3.05) is 6.54 Å². The molecule has 6 heteroatoms. The highest BCUT2D eigenvalue weighted by atomic mass is 32.2. The van der Waals surface area contributed by atoms with Crippen LogP contribution in [0.25, 0.3) is 0 Å². The van der Waals surface area contributed by atoms with Crippen molar-refractivity contribution < 1.29 is 13.2 Å². The molecule has 0 fully saturated rings. The molecule has 0 atom stereocenters. The van der Waals surface area contributed by atoms with Crippen molar-refractivity contribution in [3.8, 4) is 0 Å². The molecular weight excluding hydrogens is 276 g/mol. The molecule has 1 N–H and O–H groups in total. The number of carbonyl (C=O) groups is 1. The van der Waals surface area contributed by atoms with E-state index in [1.54, 1.807) is 30.9 Å². The summed E-state index contributed by atoms with van der Waals surface area (Å²) in [6.45, 7) is 6.28. The van der Waals surface area contributed by atoms with Gasteiger partial charge < -0.3 is 4.90 Å². The van der Waals surface area contributed by atoms with Gasteiger partial charge in [-0.1, -0.05) is 6.07 Å². The number of sulfonamides is 1. The topological polar surface area (TPSA) is 66.5 Å². The normalized spacial score (nSPS) is 15.3. The third-order valence-electron chi connectivity index (χ3n) is 3.34. The van der Waals surface area contributed by atoms with Crippen molar-refractivity contribution in [3.63, 3.8) is 0 Å². The van der Waals surface area contributed by atoms with E-state index in [1.165, 1.54) is 6.92 Å². The minimum absolute atomic E-state index is 0.0178. The van der Waals surface area contributed by atoms with Crippen molar-refractivity contribution in [2.24, 2.45) is 0 Å². The monoisotopic (exact) mass is 296 g/mol. The van der Waals surface area contributed by atoms with Gasteiger partial charge in [0.05, 0.1) is 4.90 Å². The third kappa shape index (κ3) is 3.19. The van der Waals surface area contributed by atoms with E-state index in [2.05, 4.69) is 4.72 Å². The fraction of sp³-hybridized carbons (Fsp3) is 0.500. The minimum Gasteiger partial charge on any atom is -0.338 e. The predicted molar refractivity (Wildman–Crippen MR) is 76.7 cm³/mol. The fourth-order valence-electron chi connectivity index (χ4n) is 2.35. The van der Waals surface area contributed by atoms with Crippen LogP contribution in [-0.2, 0) is 27.8 Å². The Balaban J connectivity index is 2.32. The van der Waals surface area contributed by atoms with Crippen LogP contribution < -0.4 is 4.72 Å². The van der Waals surface area contributed by atoms with Gasteiger partial charge in [0.1, 0.15) is 0 Å². The van der Waals surface area contributed by atoms with Gasteiger partial charge in [0.25, 0.3) is 0 Å². The van der Waals surface area contributed by atoms with Gasteiger partial charge in [-0.05, 0) is 43.5 Å². The number of amides is 1. The third-order valence-corrected chi connectivity index (χ3v) is 4.99. The molecule has 0 spiro atoms. The van der Waals surface area contributed by atoms with Gasteiger partial charge in [-0.3, -0.25) is 4.79 Å². The molecule has 1 aromatic carbocycles. The number of nitrogens with one attached hydrogen (secondary N) is 1. The summed E-state index contributed by atoms with van der Waals surface area (Å²) in [5.74, 6) is 0.0178. The van der Waals surface area contributed by atoms with Crippen molar-refractivity contribution in [3.05, 3.63) is 29.3 Å². The Bertz CT molecular complexity index is 623. The second-order valence-electron chi connectivity index (χ2n) is 5.40. The summed E-state index contributed by atoms with van der Waals surface area (Å²) in [7, 11) is -3.48. The maximum atomic E-state index is 12.2. The number of hydrogen-bond donors (Lipinski definition) is 1. The van der Waals surface area contributed by atoms with Crippen molar-refractivity contribution in [1.29, 1.82) is 0 Å². The number of carbonyl (C=O) groups excluding carboxylic acids is 1. The Kier molecular flexibility index (Phi) is 4.15. The zero-order valence-electron chi connectivity index (χ0n) is 12.0. The quantitative estimate of drug-likeness (QED) is 0.913. The summed E-state index contributed by atoms with van der Waals surface area (Å²) < 4.78 is 26.9. The first-order valence-corrected chi connectivity index (χ1v) is 8.17. The first kappa shape index (κ1) is 15.0. The molecule has 5 nitrogen and oxygen atoms in total. The van der Waals surface area contributed by atoms with E-state index in [4.69, 9.17) is 0 Å². The molecule has 1 aromatic rings. The lowest BCUT2D eigenvalue weighted by molar-refractivity contribution is -0.129. The molecule has 1 amide bonds. The molecular formula is C14H20N2O3S. The standard InChI is InChI=1S/C14H20N2O3S/c1-10(2)15-20(18,19)14-5-4-12-6-7-16(11(3)17)9-13(12)8-14/h4-5,8,10,15H,6-7,9H2,1-3H3. The average Bonchev–Trinajstić information content (AvgIpc) is 2.35. The van der Waals surface area contributed by atoms with E-state index in [1.807, 2.05) is 6.07 Å². The highest BCUT2D eigenvalue weighted by molar-refractivity contribution is 7.89. The summed E-state index contributed by atoms with van der Waals surface area (Å²) in [6.07, 6.45) is 0.771. The second-order valence-corrected chi connectivity index (χ2v) is 7.11. The first-order chi connectivity index (χ1) is 9.29. The Morgan fingerprint density at radius 2 is 2.00 bits per heavy atom. The average molecular weight is 296 g/mol. The van der Waals surface area contributed by atoms with Crippen molar-refractivity contribution >= 4 is 15.9 Å². The molecule has 2 rings (SSSR count). The van der Waals surface area contributed by atoms with Gasteiger partial charge >= 0.3 is 0 Å². The summed E-state index contributed by atoms with van der Waals surface area (Å²) in [5, 5.41) is 0. The molecule has 0 saturated heterocycles. The van der Waals surface area contributed by atoms with Crippen LogP contribution in [0.15, 0.2) is 23.1 Å². The number of hydrogen-bond acceptors (Lipinski definition) is 3. The van der Waals surface area contributed by atoms with Crippen LogP contribution in [0.1, 0.15) is 31.9 Å². The summed E-state index contributed by atoms with van der Waals surface area (Å²) in [5.41, 5.74) is 2.03. The maximum absolute atomic E-state index is 12.2. The molecule has 1 aliphatic heterocycles. The van der Waals surface area contributed by atoms with E-state index < -0.39 is 10.0 Å². The number of rotatable bonds is 3. The zero-order valence-corrected chi connectivity index (χ0v) is 12.8. The molecule has 0 unspecified atom stereocenters. The van der Waals surface area contributed by atoms with Gasteiger partial charge in [0, 0.05) is 26.1 Å². The molecule has 110 valence electrons. The van der Waals surface area contributed by atoms with Gasteiger partial charge in [0.2, 0.25) is 15.9 Å². The van der Waals surface area contributed by atoms with Gasteiger partial charge in [0.15, 0.2) is 0 Å². The predicted octanol–water partition coefficient (Wildman–Crippen LogP) is 1.28. The van der Waals surface area contributed by atoms with E-state index in [0.29, 0.717) is 13.1 Å². The number of fused-ring (bicyclic) bond motifs is 1. The summed E-state index contributed by atoms with van der Waals surface area (Å²) >= 11 is 0. The summed E-state index contributed by atoms with van der Waals surface area (Å²) in [6, 6.07) is 5.01. The minimum atomic E-state index is -3.48. The van der Waals surface area contributed by atoms with Crippen LogP contribution >= 0.6 is 0 Å². The van der Waals surface area contributed by atoms with Crippen LogP contribution in [0, 0.1) is 0 Å². The van der Waals surface area contributed by atoms with E-state index in [9.17, 15) is 13.2 Å². The molecule has 0 radical (unpaired) electrons. The van der Waals surface area contributed by atoms with Crippen LogP contribution in [-0.4, -0.2) is 31.8 Å². The zero-order chi connectivity index (χ0) is 14.9. The molecule has 0 saturated carbocycles. The van der Waals surface area contributed by atoms with Gasteiger partial charge in [-0.25, -0.2) is 13.1 Å². The second kappa shape index (κ2) is 5.54. The van der Waals surface area contributed by atoms with Crippen LogP contribution in [0.5, 0.6) is 0 Å². The Hall–Kier alpha value is -1.40. The van der Waals surface area contributed by atoms with Crippen LogP contribution in [0.2, 0.25) is 0 Å². The molecule has 0 aliphatic carbocycles. The Morgan fingerprint density at radius 3 is 2.60 bits per heavy atom. The highest BCUT2D eigenvalue weighted by Crippen LogP contribution is 2.22. The molecule has 20 heavy (non-hydrogen) atoms. The van der Waals surface area contributed by atoms with Crippen LogP contribution in [0.4, 0.5) is 0 Å². The van der Waals surface area contributed by atoms with E-state index >= 15 is 0 Å². The lowest BCUT2D eigenvalue weighted by Crippen LogP contribution is -2.35. The SMILES string of the molecule is CC(=O)N1CCc2ccc(S(=O)(=O)NC(C)C)cc2C1. The Labute approximate surface area is 120 Å². The van der Waals surface area contributed by atoms with E-state index in [-0.39, 0.29) is 16.8 Å². The highest BCUT2D eigenvalue weighted by Gasteiger charge is 2.21. The smallest absolute Gasteiger partial charge is 0.240 e. The van der Waals surface area contributed by atoms with Crippen molar-refractivity contribution in [2.45, 2.75) is 44.7 Å². The lowest BCUT2D eigenvalue weighted by Gasteiger charge is -2.28. The van der Waals surface area contributed by atoms with Gasteiger partial charge in [-0.2, -0.15) is 0 Å². The first-order valence-electron chi connectivity index (χ1n) is 6.69. The molecule has 0 bridgehead atoms. The summed E-state index contributed by atoms with van der Waals surface area (Å²) in [4.78, 5) is 13.4. The van der Waals surface area contributed by atoms with E-state index in [0.717, 1.165) is 17.5 Å². The van der Waals surface area contributed by atoms with Crippen molar-refractivity contribution in [1.82, 2.24) is 9.62 Å². The molecule has 1 aliphatic rings. The van der Waals surface area contributed by atoms with Crippen LogP contribution in [0.3, 0.4) is 0 Å².